The van der Waals surface area contributed by atoms with Gasteiger partial charge >= 0.3 is 0 Å². The van der Waals surface area contributed by atoms with Crippen LogP contribution < -0.4 is 0 Å². The van der Waals surface area contributed by atoms with Gasteiger partial charge in [0.05, 0.1) is 25.2 Å². The molecule has 0 radical (unpaired) electrons. The molecule has 0 spiro atoms. The topological polar surface area (TPSA) is 38.8 Å². The lowest BCUT2D eigenvalue weighted by atomic mass is 9.94. The smallest absolute Gasteiger partial charge is 0.230 e. The predicted octanol–water partition coefficient (Wildman–Crippen LogP) is 3.36. The van der Waals surface area contributed by atoms with Crippen LogP contribution in [0, 0.1) is 11.7 Å². The second-order valence-electron chi connectivity index (χ2n) is 7.10. The fourth-order valence-corrected chi connectivity index (χ4v) is 3.70. The molecule has 0 bridgehead atoms. The highest BCUT2D eigenvalue weighted by Crippen LogP contribution is 2.25. The Morgan fingerprint density at radius 3 is 2.60 bits per heavy atom. The molecule has 0 aliphatic carbocycles. The Bertz CT molecular complexity index is 549. The Kier molecular flexibility index (Phi) is 6.43. The highest BCUT2D eigenvalue weighted by Gasteiger charge is 2.29. The first-order valence-corrected chi connectivity index (χ1v) is 9.41. The minimum absolute atomic E-state index is 0.150. The first-order chi connectivity index (χ1) is 12.2. The van der Waals surface area contributed by atoms with Crippen molar-refractivity contribution in [1.82, 2.24) is 4.90 Å². The summed E-state index contributed by atoms with van der Waals surface area (Å²) in [6.45, 7) is 5.91. The van der Waals surface area contributed by atoms with Gasteiger partial charge in [-0.1, -0.05) is 19.1 Å². The molecule has 0 aromatic heterocycles. The molecule has 2 heterocycles. The van der Waals surface area contributed by atoms with E-state index >= 15 is 0 Å². The Morgan fingerprint density at radius 1 is 1.28 bits per heavy atom. The zero-order valence-corrected chi connectivity index (χ0v) is 15.0. The predicted molar refractivity (Wildman–Crippen MR) is 93.9 cm³/mol. The molecule has 2 atom stereocenters. The molecule has 0 unspecified atom stereocenters. The summed E-state index contributed by atoms with van der Waals surface area (Å²) in [5.74, 6) is 0.227. The zero-order valence-electron chi connectivity index (χ0n) is 15.0. The van der Waals surface area contributed by atoms with Crippen LogP contribution in [-0.2, 0) is 14.3 Å². The lowest BCUT2D eigenvalue weighted by molar-refractivity contribution is -0.135. The van der Waals surface area contributed by atoms with Gasteiger partial charge < -0.3 is 14.4 Å². The molecule has 0 N–H and O–H groups in total. The largest absolute Gasteiger partial charge is 0.381 e. The molecule has 3 rings (SSSR count). The summed E-state index contributed by atoms with van der Waals surface area (Å²) >= 11 is 0. The molecule has 2 aliphatic heterocycles. The number of rotatable bonds is 6. The average Bonchev–Trinajstić information content (AvgIpc) is 3.16. The minimum atomic E-state index is -0.267. The van der Waals surface area contributed by atoms with E-state index in [0.29, 0.717) is 5.92 Å². The highest BCUT2D eigenvalue weighted by molar-refractivity contribution is 5.83. The molecule has 1 aromatic carbocycles. The normalized spacial score (nSPS) is 23.0. The quantitative estimate of drug-likeness (QED) is 0.790. The van der Waals surface area contributed by atoms with Gasteiger partial charge in [-0.05, 0) is 43.4 Å². The van der Waals surface area contributed by atoms with Gasteiger partial charge in [0.1, 0.15) is 5.82 Å². The van der Waals surface area contributed by atoms with Gasteiger partial charge in [0.25, 0.3) is 0 Å². The molecule has 0 saturated carbocycles. The number of hydrogen-bond donors (Lipinski definition) is 0. The Hall–Kier alpha value is -1.46. The highest BCUT2D eigenvalue weighted by atomic mass is 19.1. The molecule has 138 valence electrons. The van der Waals surface area contributed by atoms with Crippen molar-refractivity contribution in [2.45, 2.75) is 44.6 Å². The van der Waals surface area contributed by atoms with Gasteiger partial charge in [0.15, 0.2) is 0 Å². The van der Waals surface area contributed by atoms with Crippen LogP contribution in [0.3, 0.4) is 0 Å². The maximum atomic E-state index is 13.1. The van der Waals surface area contributed by atoms with Crippen LogP contribution in [0.25, 0.3) is 0 Å². The van der Waals surface area contributed by atoms with E-state index in [4.69, 9.17) is 9.47 Å². The van der Waals surface area contributed by atoms with Crippen LogP contribution in [0.2, 0.25) is 0 Å². The number of carbonyl (C=O) groups is 1. The fourth-order valence-electron chi connectivity index (χ4n) is 3.70. The molecule has 2 aliphatic rings. The molecule has 2 saturated heterocycles. The third-order valence-corrected chi connectivity index (χ3v) is 5.32. The summed E-state index contributed by atoms with van der Waals surface area (Å²) in [6, 6.07) is 6.30. The van der Waals surface area contributed by atoms with E-state index in [1.807, 2.05) is 11.8 Å². The number of nitrogens with zero attached hydrogens (tertiary/aromatic N) is 1. The molecule has 2 fully saturated rings. The third kappa shape index (κ3) is 4.79. The van der Waals surface area contributed by atoms with Crippen LogP contribution in [0.15, 0.2) is 24.3 Å². The van der Waals surface area contributed by atoms with Crippen molar-refractivity contribution in [3.63, 3.8) is 0 Å². The van der Waals surface area contributed by atoms with Gasteiger partial charge in [-0.15, -0.1) is 0 Å². The van der Waals surface area contributed by atoms with Crippen LogP contribution in [0.4, 0.5) is 4.39 Å². The number of amides is 1. The molecular weight excluding hydrogens is 321 g/mol. The van der Waals surface area contributed by atoms with E-state index in [1.54, 1.807) is 12.1 Å². The van der Waals surface area contributed by atoms with Crippen molar-refractivity contribution >= 4 is 5.91 Å². The number of ether oxygens (including phenoxy) is 2. The summed E-state index contributed by atoms with van der Waals surface area (Å²) in [5.41, 5.74) is 0.897. The van der Waals surface area contributed by atoms with Gasteiger partial charge in [-0.3, -0.25) is 4.79 Å². The zero-order chi connectivity index (χ0) is 17.6. The Balaban J connectivity index is 1.48. The van der Waals surface area contributed by atoms with Crippen LogP contribution in [0.5, 0.6) is 0 Å². The number of piperidine rings is 1. The summed E-state index contributed by atoms with van der Waals surface area (Å²) in [7, 11) is 0. The molecule has 1 amide bonds. The number of likely N-dealkylation sites (tertiary alicyclic amines) is 1. The average molecular weight is 349 g/mol. The van der Waals surface area contributed by atoms with E-state index in [2.05, 4.69) is 0 Å². The molecule has 25 heavy (non-hydrogen) atoms. The lowest BCUT2D eigenvalue weighted by Crippen LogP contribution is -2.43. The van der Waals surface area contributed by atoms with E-state index in [1.165, 1.54) is 12.1 Å². The van der Waals surface area contributed by atoms with Gasteiger partial charge in [-0.25, -0.2) is 4.39 Å². The minimum Gasteiger partial charge on any atom is -0.381 e. The molecular formula is C20H28FNO3. The van der Waals surface area contributed by atoms with Crippen LogP contribution in [-0.4, -0.2) is 49.8 Å². The maximum absolute atomic E-state index is 13.1. The second kappa shape index (κ2) is 8.77. The van der Waals surface area contributed by atoms with Gasteiger partial charge in [-0.2, -0.15) is 0 Å². The second-order valence-corrected chi connectivity index (χ2v) is 7.10. The summed E-state index contributed by atoms with van der Waals surface area (Å²) in [5, 5.41) is 0. The molecule has 1 aromatic rings. The lowest BCUT2D eigenvalue weighted by Gasteiger charge is -2.34. The Morgan fingerprint density at radius 2 is 2.00 bits per heavy atom. The van der Waals surface area contributed by atoms with E-state index in [0.717, 1.165) is 64.2 Å². The molecule has 5 heteroatoms. The molecule has 4 nitrogen and oxygen atoms in total. The van der Waals surface area contributed by atoms with Crippen LogP contribution >= 0.6 is 0 Å². The summed E-state index contributed by atoms with van der Waals surface area (Å²) < 4.78 is 24.5. The summed E-state index contributed by atoms with van der Waals surface area (Å²) in [4.78, 5) is 14.8. The van der Waals surface area contributed by atoms with Crippen molar-refractivity contribution in [2.24, 2.45) is 5.92 Å². The van der Waals surface area contributed by atoms with Crippen molar-refractivity contribution in [2.75, 3.05) is 32.9 Å². The van der Waals surface area contributed by atoms with Crippen LogP contribution in [0.1, 0.15) is 44.1 Å². The number of halogens is 1. The standard InChI is InChI=1S/C20H28FNO3/c1-2-19(16-3-5-17(21)6-4-16)20(23)22-10-7-18(8-11-22)25-14-15-9-12-24-13-15/h3-6,15,18-19H,2,7-14H2,1H3/t15-,19+/m0/s1. The van der Waals surface area contributed by atoms with E-state index < -0.39 is 0 Å². The SMILES string of the molecule is CC[C@@H](C(=O)N1CCC(OC[C@H]2CCOC2)CC1)c1ccc(F)cc1. The number of benzene rings is 1. The first-order valence-electron chi connectivity index (χ1n) is 9.41. The monoisotopic (exact) mass is 349 g/mol. The van der Waals surface area contributed by atoms with Crippen molar-refractivity contribution in [3.8, 4) is 0 Å². The van der Waals surface area contributed by atoms with E-state index in [-0.39, 0.29) is 23.7 Å². The maximum Gasteiger partial charge on any atom is 0.230 e. The van der Waals surface area contributed by atoms with Gasteiger partial charge in [0, 0.05) is 25.6 Å². The fraction of sp³-hybridized carbons (Fsp3) is 0.650. The van der Waals surface area contributed by atoms with Crippen molar-refractivity contribution in [1.29, 1.82) is 0 Å². The first kappa shape index (κ1) is 18.3. The Labute approximate surface area is 149 Å². The van der Waals surface area contributed by atoms with Crippen molar-refractivity contribution < 1.29 is 18.7 Å². The number of carbonyl (C=O) groups excluding carboxylic acids is 1. The van der Waals surface area contributed by atoms with Crippen molar-refractivity contribution in [3.05, 3.63) is 35.6 Å². The van der Waals surface area contributed by atoms with Gasteiger partial charge in [0.2, 0.25) is 5.91 Å². The third-order valence-electron chi connectivity index (χ3n) is 5.32. The van der Waals surface area contributed by atoms with E-state index in [9.17, 15) is 9.18 Å². The summed E-state index contributed by atoms with van der Waals surface area (Å²) in [6.07, 6.45) is 3.84. The number of hydrogen-bond acceptors (Lipinski definition) is 3.